The van der Waals surface area contributed by atoms with Gasteiger partial charge in [0.05, 0.1) is 0 Å². The normalized spacial score (nSPS) is 20.1. The summed E-state index contributed by atoms with van der Waals surface area (Å²) in [4.78, 5) is 2.49. The summed E-state index contributed by atoms with van der Waals surface area (Å²) in [5, 5.41) is 4.19. The second-order valence-corrected chi connectivity index (χ2v) is 4.45. The molecule has 1 saturated heterocycles. The van der Waals surface area contributed by atoms with Crippen LogP contribution in [0.3, 0.4) is 0 Å². The minimum atomic E-state index is 0.464. The number of hydrogen-bond acceptors (Lipinski definition) is 2. The molecule has 1 heterocycles. The molecule has 1 aliphatic rings. The topological polar surface area (TPSA) is 15.3 Å². The molecule has 1 fully saturated rings. The molecular weight excluding hydrogens is 208 g/mol. The van der Waals surface area contributed by atoms with E-state index in [1.54, 1.807) is 0 Å². The van der Waals surface area contributed by atoms with Crippen LogP contribution in [0.5, 0.6) is 0 Å². The molecule has 1 aromatic carbocycles. The molecule has 2 rings (SSSR count). The molecular formula is C12H17ClN2. The number of piperazine rings is 1. The molecule has 0 unspecified atom stereocenters. The first-order chi connectivity index (χ1) is 7.27. The summed E-state index contributed by atoms with van der Waals surface area (Å²) < 4.78 is 0. The minimum Gasteiger partial charge on any atom is -0.314 e. The van der Waals surface area contributed by atoms with Crippen molar-refractivity contribution in [3.8, 4) is 0 Å². The van der Waals surface area contributed by atoms with Gasteiger partial charge in [-0.2, -0.15) is 0 Å². The van der Waals surface area contributed by atoms with Crippen LogP contribution in [0, 0.1) is 0 Å². The second-order valence-electron chi connectivity index (χ2n) is 4.02. The van der Waals surface area contributed by atoms with Gasteiger partial charge in [0.15, 0.2) is 0 Å². The summed E-state index contributed by atoms with van der Waals surface area (Å²) in [6.07, 6.45) is 0. The molecule has 0 spiro atoms. The molecule has 15 heavy (non-hydrogen) atoms. The molecule has 2 nitrogen and oxygen atoms in total. The molecule has 0 aliphatic carbocycles. The van der Waals surface area contributed by atoms with Gasteiger partial charge in [0.1, 0.15) is 0 Å². The van der Waals surface area contributed by atoms with Crippen molar-refractivity contribution in [1.29, 1.82) is 0 Å². The SMILES string of the molecule is C[C@H](c1cccc(Cl)c1)N1CCNCC1. The van der Waals surface area contributed by atoms with Crippen LogP contribution >= 0.6 is 11.6 Å². The van der Waals surface area contributed by atoms with Crippen molar-refractivity contribution >= 4 is 11.6 Å². The Morgan fingerprint density at radius 1 is 1.33 bits per heavy atom. The van der Waals surface area contributed by atoms with Crippen LogP contribution in [0.25, 0.3) is 0 Å². The molecule has 1 aromatic rings. The monoisotopic (exact) mass is 224 g/mol. The minimum absolute atomic E-state index is 0.464. The standard InChI is InChI=1S/C12H17ClN2/c1-10(15-7-5-14-6-8-15)11-3-2-4-12(13)9-11/h2-4,9-10,14H,5-8H2,1H3/t10-/m1/s1. The van der Waals surface area contributed by atoms with Crippen LogP contribution in [-0.4, -0.2) is 31.1 Å². The van der Waals surface area contributed by atoms with Crippen molar-refractivity contribution in [2.45, 2.75) is 13.0 Å². The maximum absolute atomic E-state index is 6.00. The molecule has 3 heteroatoms. The highest BCUT2D eigenvalue weighted by atomic mass is 35.5. The molecule has 0 amide bonds. The number of halogens is 1. The largest absolute Gasteiger partial charge is 0.314 e. The van der Waals surface area contributed by atoms with Gasteiger partial charge in [-0.05, 0) is 24.6 Å². The number of nitrogens with zero attached hydrogens (tertiary/aromatic N) is 1. The second kappa shape index (κ2) is 4.97. The van der Waals surface area contributed by atoms with Crippen molar-refractivity contribution in [2.24, 2.45) is 0 Å². The lowest BCUT2D eigenvalue weighted by Crippen LogP contribution is -2.44. The van der Waals surface area contributed by atoms with E-state index in [9.17, 15) is 0 Å². The predicted molar refractivity (Wildman–Crippen MR) is 64.3 cm³/mol. The lowest BCUT2D eigenvalue weighted by molar-refractivity contribution is 0.185. The van der Waals surface area contributed by atoms with Gasteiger partial charge >= 0.3 is 0 Å². The Bertz CT molecular complexity index is 321. The summed E-state index contributed by atoms with van der Waals surface area (Å²) in [5.41, 5.74) is 1.31. The van der Waals surface area contributed by atoms with Crippen molar-refractivity contribution in [2.75, 3.05) is 26.2 Å². The zero-order valence-corrected chi connectivity index (χ0v) is 9.80. The summed E-state index contributed by atoms with van der Waals surface area (Å²) >= 11 is 6.00. The smallest absolute Gasteiger partial charge is 0.0409 e. The van der Waals surface area contributed by atoms with E-state index in [1.165, 1.54) is 5.56 Å². The Balaban J connectivity index is 2.08. The van der Waals surface area contributed by atoms with Gasteiger partial charge in [-0.3, -0.25) is 4.90 Å². The third kappa shape index (κ3) is 2.71. The average molecular weight is 225 g/mol. The highest BCUT2D eigenvalue weighted by Gasteiger charge is 2.17. The molecule has 0 saturated carbocycles. The van der Waals surface area contributed by atoms with Crippen LogP contribution in [0.15, 0.2) is 24.3 Å². The van der Waals surface area contributed by atoms with Gasteiger partial charge in [-0.25, -0.2) is 0 Å². The summed E-state index contributed by atoms with van der Waals surface area (Å²) in [7, 11) is 0. The third-order valence-corrected chi connectivity index (χ3v) is 3.27. The molecule has 0 aromatic heterocycles. The Labute approximate surface area is 96.2 Å². The van der Waals surface area contributed by atoms with Crippen LogP contribution in [0.2, 0.25) is 5.02 Å². The Kier molecular flexibility index (Phi) is 3.62. The lowest BCUT2D eigenvalue weighted by Gasteiger charge is -2.33. The summed E-state index contributed by atoms with van der Waals surface area (Å²) in [6, 6.07) is 8.63. The first-order valence-corrected chi connectivity index (χ1v) is 5.85. The van der Waals surface area contributed by atoms with Crippen LogP contribution in [0.4, 0.5) is 0 Å². The van der Waals surface area contributed by atoms with Gasteiger partial charge in [0, 0.05) is 37.2 Å². The van der Waals surface area contributed by atoms with E-state index in [0.29, 0.717) is 6.04 Å². The van der Waals surface area contributed by atoms with Crippen LogP contribution in [-0.2, 0) is 0 Å². The molecule has 1 atom stereocenters. The number of hydrogen-bond donors (Lipinski definition) is 1. The quantitative estimate of drug-likeness (QED) is 0.830. The Morgan fingerprint density at radius 2 is 2.07 bits per heavy atom. The van der Waals surface area contributed by atoms with Gasteiger partial charge in [0.2, 0.25) is 0 Å². The van der Waals surface area contributed by atoms with E-state index in [0.717, 1.165) is 31.2 Å². The number of rotatable bonds is 2. The van der Waals surface area contributed by atoms with E-state index in [2.05, 4.69) is 29.3 Å². The van der Waals surface area contributed by atoms with Crippen LogP contribution < -0.4 is 5.32 Å². The van der Waals surface area contributed by atoms with E-state index in [-0.39, 0.29) is 0 Å². The van der Waals surface area contributed by atoms with Gasteiger partial charge in [-0.1, -0.05) is 23.7 Å². The number of nitrogens with one attached hydrogen (secondary N) is 1. The Hall–Kier alpha value is -0.570. The maximum Gasteiger partial charge on any atom is 0.0409 e. The van der Waals surface area contributed by atoms with Crippen molar-refractivity contribution < 1.29 is 0 Å². The van der Waals surface area contributed by atoms with Crippen molar-refractivity contribution in [3.63, 3.8) is 0 Å². The molecule has 1 N–H and O–H groups in total. The van der Waals surface area contributed by atoms with Gasteiger partial charge in [0.25, 0.3) is 0 Å². The lowest BCUT2D eigenvalue weighted by atomic mass is 10.1. The average Bonchev–Trinajstić information content (AvgIpc) is 2.29. The molecule has 0 bridgehead atoms. The predicted octanol–water partition coefficient (Wildman–Crippen LogP) is 2.31. The van der Waals surface area contributed by atoms with Crippen LogP contribution in [0.1, 0.15) is 18.5 Å². The van der Waals surface area contributed by atoms with E-state index < -0.39 is 0 Å². The first kappa shape index (κ1) is 10.9. The highest BCUT2D eigenvalue weighted by molar-refractivity contribution is 6.30. The van der Waals surface area contributed by atoms with E-state index >= 15 is 0 Å². The molecule has 0 radical (unpaired) electrons. The van der Waals surface area contributed by atoms with Gasteiger partial charge in [-0.15, -0.1) is 0 Å². The van der Waals surface area contributed by atoms with Crippen molar-refractivity contribution in [3.05, 3.63) is 34.9 Å². The fraction of sp³-hybridized carbons (Fsp3) is 0.500. The molecule has 1 aliphatic heterocycles. The fourth-order valence-electron chi connectivity index (χ4n) is 2.05. The summed E-state index contributed by atoms with van der Waals surface area (Å²) in [6.45, 7) is 6.66. The zero-order valence-electron chi connectivity index (χ0n) is 9.04. The maximum atomic E-state index is 6.00. The molecule has 82 valence electrons. The third-order valence-electron chi connectivity index (χ3n) is 3.03. The first-order valence-electron chi connectivity index (χ1n) is 5.47. The highest BCUT2D eigenvalue weighted by Crippen LogP contribution is 2.22. The van der Waals surface area contributed by atoms with Gasteiger partial charge < -0.3 is 5.32 Å². The fourth-order valence-corrected chi connectivity index (χ4v) is 2.25. The summed E-state index contributed by atoms with van der Waals surface area (Å²) in [5.74, 6) is 0. The van der Waals surface area contributed by atoms with Crippen molar-refractivity contribution in [1.82, 2.24) is 10.2 Å². The zero-order chi connectivity index (χ0) is 10.7. The van der Waals surface area contributed by atoms with E-state index in [1.807, 2.05) is 12.1 Å². The van der Waals surface area contributed by atoms with E-state index in [4.69, 9.17) is 11.6 Å². The number of benzene rings is 1. The Morgan fingerprint density at radius 3 is 2.73 bits per heavy atom.